The maximum absolute atomic E-state index is 13.4. The number of nitrogens with zero attached hydrogens (tertiary/aromatic N) is 1. The molecule has 0 aliphatic heterocycles. The maximum Gasteiger partial charge on any atom is 0.356 e. The molecule has 2 aromatic carbocycles. The van der Waals surface area contributed by atoms with Crippen molar-refractivity contribution in [2.45, 2.75) is 32.1 Å². The van der Waals surface area contributed by atoms with Crippen molar-refractivity contribution < 1.29 is 23.9 Å². The molecule has 0 saturated heterocycles. The third kappa shape index (κ3) is 5.26. The number of carbonyl (C=O) groups is 3. The molecule has 0 unspecified atom stereocenters. The minimum absolute atomic E-state index is 0.0110. The topological polar surface area (TPSA) is 104 Å². The number of anilines is 1. The largest absolute Gasteiger partial charge is 0.465 e. The van der Waals surface area contributed by atoms with Gasteiger partial charge in [0.15, 0.2) is 6.61 Å². The summed E-state index contributed by atoms with van der Waals surface area (Å²) in [4.78, 5) is 53.2. The molecule has 206 valence electrons. The number of thiophene rings is 1. The fourth-order valence-electron chi connectivity index (χ4n) is 5.12. The van der Waals surface area contributed by atoms with Crippen molar-refractivity contribution in [1.82, 2.24) is 4.57 Å². The molecule has 2 heterocycles. The molecule has 0 spiro atoms. The van der Waals surface area contributed by atoms with Crippen molar-refractivity contribution in [3.8, 4) is 11.1 Å². The Kier molecular flexibility index (Phi) is 8.04. The molecule has 2 aromatic heterocycles. The van der Waals surface area contributed by atoms with Gasteiger partial charge in [0.25, 0.3) is 11.5 Å². The van der Waals surface area contributed by atoms with E-state index in [-0.39, 0.29) is 11.3 Å². The fraction of sp³-hybridized carbons (Fsp3) is 0.267. The molecule has 0 bridgehead atoms. The van der Waals surface area contributed by atoms with Crippen LogP contribution in [-0.4, -0.2) is 36.1 Å². The zero-order valence-corrected chi connectivity index (χ0v) is 23.6. The summed E-state index contributed by atoms with van der Waals surface area (Å²) < 4.78 is 11.7. The van der Waals surface area contributed by atoms with Gasteiger partial charge < -0.3 is 19.4 Å². The van der Waals surface area contributed by atoms with Gasteiger partial charge in [-0.3, -0.25) is 9.59 Å². The van der Waals surface area contributed by atoms with Crippen molar-refractivity contribution in [1.29, 1.82) is 0 Å². The number of esters is 2. The zero-order chi connectivity index (χ0) is 28.4. The van der Waals surface area contributed by atoms with E-state index in [0.717, 1.165) is 42.5 Å². The Morgan fingerprint density at radius 1 is 0.975 bits per heavy atom. The molecular formula is C30H27ClN2O6S. The molecule has 1 aliphatic rings. The van der Waals surface area contributed by atoms with Crippen LogP contribution in [0.4, 0.5) is 5.00 Å². The van der Waals surface area contributed by atoms with Crippen LogP contribution < -0.4 is 10.9 Å². The SMILES string of the molecule is COC(=O)c1c(NC(=O)COC(=O)c2c(-c3ccc(Cl)cc3)c3ccccc3c(=O)n2C)sc2c1CCCCC2. The fourth-order valence-corrected chi connectivity index (χ4v) is 6.54. The van der Waals surface area contributed by atoms with Crippen molar-refractivity contribution in [3.05, 3.63) is 85.6 Å². The molecule has 0 saturated carbocycles. The first-order valence-corrected chi connectivity index (χ1v) is 14.1. The molecule has 5 rings (SSSR count). The Bertz CT molecular complexity index is 1690. The van der Waals surface area contributed by atoms with Crippen LogP contribution >= 0.6 is 22.9 Å². The lowest BCUT2D eigenvalue weighted by Crippen LogP contribution is -2.28. The summed E-state index contributed by atoms with van der Waals surface area (Å²) >= 11 is 7.44. The van der Waals surface area contributed by atoms with Crippen LogP contribution in [-0.2, 0) is 34.2 Å². The molecule has 1 aliphatic carbocycles. The van der Waals surface area contributed by atoms with Gasteiger partial charge in [-0.15, -0.1) is 11.3 Å². The number of hydrogen-bond donors (Lipinski definition) is 1. The van der Waals surface area contributed by atoms with Crippen LogP contribution in [0.2, 0.25) is 5.02 Å². The quantitative estimate of drug-likeness (QED) is 0.230. The number of aromatic nitrogens is 1. The molecular weight excluding hydrogens is 552 g/mol. The summed E-state index contributed by atoms with van der Waals surface area (Å²) in [6.07, 6.45) is 4.62. The first-order valence-electron chi connectivity index (χ1n) is 12.9. The van der Waals surface area contributed by atoms with Crippen molar-refractivity contribution in [3.63, 3.8) is 0 Å². The molecule has 0 atom stereocenters. The number of nitrogens with one attached hydrogen (secondary N) is 1. The van der Waals surface area contributed by atoms with Crippen molar-refractivity contribution in [2.75, 3.05) is 19.0 Å². The van der Waals surface area contributed by atoms with Crippen LogP contribution in [0.1, 0.15) is 50.5 Å². The van der Waals surface area contributed by atoms with E-state index in [9.17, 15) is 19.2 Å². The van der Waals surface area contributed by atoms with Gasteiger partial charge in [0.1, 0.15) is 10.7 Å². The van der Waals surface area contributed by atoms with Gasteiger partial charge in [0.2, 0.25) is 0 Å². The van der Waals surface area contributed by atoms with Gasteiger partial charge in [-0.25, -0.2) is 9.59 Å². The Morgan fingerprint density at radius 3 is 2.40 bits per heavy atom. The monoisotopic (exact) mass is 578 g/mol. The summed E-state index contributed by atoms with van der Waals surface area (Å²) in [7, 11) is 2.80. The standard InChI is InChI=1S/C30H27ClN2O6S/c1-33-26(24(17-12-14-18(31)15-13-17)19-8-6-7-9-20(19)28(33)35)30(37)39-16-23(34)32-27-25(29(36)38-2)21-10-4-3-5-11-22(21)40-27/h6-9,12-15H,3-5,10-11,16H2,1-2H3,(H,32,34). The van der Waals surface area contributed by atoms with Crippen LogP contribution in [0.5, 0.6) is 0 Å². The first-order chi connectivity index (χ1) is 19.3. The Balaban J connectivity index is 1.44. The number of carbonyl (C=O) groups excluding carboxylic acids is 3. The number of rotatable bonds is 6. The molecule has 4 aromatic rings. The number of hydrogen-bond acceptors (Lipinski definition) is 7. The lowest BCUT2D eigenvalue weighted by molar-refractivity contribution is -0.119. The Hall–Kier alpha value is -3.95. The number of pyridine rings is 1. The second-order valence-corrected chi connectivity index (χ2v) is 11.1. The van der Waals surface area contributed by atoms with Gasteiger partial charge in [0.05, 0.1) is 12.7 Å². The third-order valence-electron chi connectivity index (χ3n) is 7.03. The normalized spacial score (nSPS) is 12.9. The minimum Gasteiger partial charge on any atom is -0.465 e. The van der Waals surface area contributed by atoms with Crippen molar-refractivity contribution >= 4 is 56.6 Å². The molecule has 1 amide bonds. The lowest BCUT2D eigenvalue weighted by Gasteiger charge is -2.17. The number of aryl methyl sites for hydroxylation is 1. The van der Waals surface area contributed by atoms with Crippen LogP contribution in [0.25, 0.3) is 21.9 Å². The number of halogens is 1. The summed E-state index contributed by atoms with van der Waals surface area (Å²) in [5.74, 6) is -1.94. The number of amides is 1. The van der Waals surface area contributed by atoms with E-state index in [1.54, 1.807) is 48.5 Å². The van der Waals surface area contributed by atoms with E-state index in [2.05, 4.69) is 5.32 Å². The number of fused-ring (bicyclic) bond motifs is 2. The van der Waals surface area contributed by atoms with E-state index in [1.807, 2.05) is 0 Å². The highest BCUT2D eigenvalue weighted by Crippen LogP contribution is 2.38. The van der Waals surface area contributed by atoms with E-state index >= 15 is 0 Å². The van der Waals surface area contributed by atoms with Gasteiger partial charge in [-0.05, 0) is 60.4 Å². The van der Waals surface area contributed by atoms with Crippen LogP contribution in [0.15, 0.2) is 53.3 Å². The summed E-state index contributed by atoms with van der Waals surface area (Å²) in [6, 6.07) is 13.9. The average molecular weight is 579 g/mol. The molecule has 0 radical (unpaired) electrons. The summed E-state index contributed by atoms with van der Waals surface area (Å²) in [5, 5.41) is 4.67. The lowest BCUT2D eigenvalue weighted by atomic mass is 9.97. The molecule has 10 heteroatoms. The second kappa shape index (κ2) is 11.7. The van der Waals surface area contributed by atoms with Gasteiger partial charge in [-0.1, -0.05) is 48.4 Å². The van der Waals surface area contributed by atoms with E-state index in [1.165, 1.54) is 30.1 Å². The van der Waals surface area contributed by atoms with Crippen LogP contribution in [0, 0.1) is 0 Å². The predicted molar refractivity (Wildman–Crippen MR) is 155 cm³/mol. The van der Waals surface area contributed by atoms with E-state index in [4.69, 9.17) is 21.1 Å². The smallest absolute Gasteiger partial charge is 0.356 e. The molecule has 40 heavy (non-hydrogen) atoms. The van der Waals surface area contributed by atoms with Crippen LogP contribution in [0.3, 0.4) is 0 Å². The highest BCUT2D eigenvalue weighted by atomic mass is 35.5. The zero-order valence-electron chi connectivity index (χ0n) is 22.0. The molecule has 1 N–H and O–H groups in total. The number of ether oxygens (including phenoxy) is 2. The number of methoxy groups -OCH3 is 1. The van der Waals surface area contributed by atoms with E-state index in [0.29, 0.717) is 37.5 Å². The molecule has 0 fully saturated rings. The summed E-state index contributed by atoms with van der Waals surface area (Å²) in [5.41, 5.74) is 2.08. The minimum atomic E-state index is -0.833. The molecule has 8 nitrogen and oxygen atoms in total. The summed E-state index contributed by atoms with van der Waals surface area (Å²) in [6.45, 7) is -0.608. The van der Waals surface area contributed by atoms with Gasteiger partial charge in [-0.2, -0.15) is 0 Å². The average Bonchev–Trinajstić information content (AvgIpc) is 3.13. The Morgan fingerprint density at radius 2 is 1.68 bits per heavy atom. The first kappa shape index (κ1) is 27.6. The maximum atomic E-state index is 13.4. The van der Waals surface area contributed by atoms with Gasteiger partial charge >= 0.3 is 11.9 Å². The van der Waals surface area contributed by atoms with Gasteiger partial charge in [0, 0.05) is 27.9 Å². The second-order valence-electron chi connectivity index (χ2n) is 9.52. The Labute approximate surface area is 239 Å². The third-order valence-corrected chi connectivity index (χ3v) is 8.49. The van der Waals surface area contributed by atoms with E-state index < -0.39 is 24.5 Å². The van der Waals surface area contributed by atoms with Crippen molar-refractivity contribution in [2.24, 2.45) is 7.05 Å². The number of benzene rings is 2. The highest BCUT2D eigenvalue weighted by molar-refractivity contribution is 7.17. The predicted octanol–water partition coefficient (Wildman–Crippen LogP) is 5.77. The highest BCUT2D eigenvalue weighted by Gasteiger charge is 2.27.